The van der Waals surface area contributed by atoms with Gasteiger partial charge in [-0.3, -0.25) is 5.84 Å². The van der Waals surface area contributed by atoms with Gasteiger partial charge in [-0.2, -0.15) is 0 Å². The van der Waals surface area contributed by atoms with E-state index in [1.54, 1.807) is 6.07 Å². The summed E-state index contributed by atoms with van der Waals surface area (Å²) in [5, 5.41) is 0.766. The first-order valence-electron chi connectivity index (χ1n) is 5.65. The number of pyridine rings is 1. The molecule has 0 spiro atoms. The number of hydrogen-bond donors (Lipinski definition) is 2. The van der Waals surface area contributed by atoms with E-state index in [4.69, 9.17) is 5.84 Å². The minimum atomic E-state index is -0.309. The molecular weight excluding hydrogens is 217 g/mol. The largest absolute Gasteiger partial charge is 0.323 e. The molecule has 1 heterocycles. The zero-order valence-corrected chi connectivity index (χ0v) is 10.3. The summed E-state index contributed by atoms with van der Waals surface area (Å²) in [6.07, 6.45) is 0.754. The maximum Gasteiger partial charge on any atom is 0.149 e. The highest BCUT2D eigenvalue weighted by atomic mass is 19.1. The van der Waals surface area contributed by atoms with E-state index in [0.29, 0.717) is 5.52 Å². The van der Waals surface area contributed by atoms with Crippen LogP contribution in [0.1, 0.15) is 23.7 Å². The Hall–Kier alpha value is -1.68. The Morgan fingerprint density at radius 2 is 2.06 bits per heavy atom. The average Bonchev–Trinajstić information content (AvgIpc) is 2.33. The number of rotatable bonds is 2. The summed E-state index contributed by atoms with van der Waals surface area (Å²) in [6, 6.07) is 3.19. The van der Waals surface area contributed by atoms with E-state index in [1.807, 2.05) is 20.8 Å². The molecule has 0 saturated heterocycles. The Bertz CT molecular complexity index is 579. The lowest BCUT2D eigenvalue weighted by atomic mass is 10.0. The molecule has 1 aromatic heterocycles. The highest BCUT2D eigenvalue weighted by Gasteiger charge is 2.14. The molecule has 2 rings (SSSR count). The molecule has 0 bridgehead atoms. The number of aromatic nitrogens is 1. The van der Waals surface area contributed by atoms with E-state index in [2.05, 4.69) is 10.4 Å². The van der Waals surface area contributed by atoms with Gasteiger partial charge in [-0.1, -0.05) is 13.0 Å². The second-order valence-corrected chi connectivity index (χ2v) is 4.14. The smallest absolute Gasteiger partial charge is 0.149 e. The third-order valence-corrected chi connectivity index (χ3v) is 3.12. The van der Waals surface area contributed by atoms with E-state index in [1.165, 1.54) is 6.07 Å². The molecule has 0 aliphatic rings. The van der Waals surface area contributed by atoms with Crippen molar-refractivity contribution >= 4 is 16.6 Å². The fraction of sp³-hybridized carbons (Fsp3) is 0.308. The van der Waals surface area contributed by atoms with E-state index >= 15 is 0 Å². The third kappa shape index (κ3) is 1.74. The number of halogens is 1. The minimum Gasteiger partial charge on any atom is -0.323 e. The minimum absolute atomic E-state index is 0.309. The molecule has 0 radical (unpaired) electrons. The van der Waals surface area contributed by atoms with Crippen LogP contribution in [0.2, 0.25) is 0 Å². The fourth-order valence-electron chi connectivity index (χ4n) is 2.17. The van der Waals surface area contributed by atoms with Gasteiger partial charge in [0.2, 0.25) is 0 Å². The van der Waals surface area contributed by atoms with E-state index in [0.717, 1.165) is 34.3 Å². The molecule has 0 atom stereocenters. The van der Waals surface area contributed by atoms with E-state index in [-0.39, 0.29) is 5.82 Å². The van der Waals surface area contributed by atoms with Crippen LogP contribution in [0, 0.1) is 19.7 Å². The molecule has 2 aromatic rings. The first kappa shape index (κ1) is 11.8. The molecule has 1 aromatic carbocycles. The zero-order valence-electron chi connectivity index (χ0n) is 10.3. The number of aryl methyl sites for hydroxylation is 2. The van der Waals surface area contributed by atoms with E-state index in [9.17, 15) is 4.39 Å². The van der Waals surface area contributed by atoms with Gasteiger partial charge in [0.1, 0.15) is 11.3 Å². The molecule has 0 unspecified atom stereocenters. The second kappa shape index (κ2) is 4.30. The summed E-state index contributed by atoms with van der Waals surface area (Å²) >= 11 is 0. The van der Waals surface area contributed by atoms with Crippen LogP contribution < -0.4 is 11.3 Å². The fourth-order valence-corrected chi connectivity index (χ4v) is 2.17. The molecule has 3 N–H and O–H groups in total. The van der Waals surface area contributed by atoms with Gasteiger partial charge in [-0.15, -0.1) is 0 Å². The maximum absolute atomic E-state index is 13.8. The quantitative estimate of drug-likeness (QED) is 0.619. The summed E-state index contributed by atoms with van der Waals surface area (Å²) in [5.74, 6) is 5.25. The Morgan fingerprint density at radius 3 is 2.65 bits per heavy atom. The summed E-state index contributed by atoms with van der Waals surface area (Å²) in [4.78, 5) is 4.39. The van der Waals surface area contributed by atoms with Crippen LogP contribution in [-0.4, -0.2) is 4.98 Å². The SMILES string of the molecule is CCc1nc2c(F)ccc(C)c2c(NN)c1C. The predicted octanol–water partition coefficient (Wildman–Crippen LogP) is 2.84. The van der Waals surface area contributed by atoms with Crippen LogP contribution in [0.3, 0.4) is 0 Å². The summed E-state index contributed by atoms with van der Waals surface area (Å²) in [6.45, 7) is 5.87. The van der Waals surface area contributed by atoms with Crippen LogP contribution >= 0.6 is 0 Å². The first-order chi connectivity index (χ1) is 8.10. The van der Waals surface area contributed by atoms with Gasteiger partial charge in [0.25, 0.3) is 0 Å². The maximum atomic E-state index is 13.8. The van der Waals surface area contributed by atoms with Crippen molar-refractivity contribution in [3.8, 4) is 0 Å². The number of hydrazine groups is 1. The molecule has 90 valence electrons. The Kier molecular flexibility index (Phi) is 2.98. The highest BCUT2D eigenvalue weighted by Crippen LogP contribution is 2.31. The molecule has 0 aliphatic carbocycles. The lowest BCUT2D eigenvalue weighted by Gasteiger charge is -2.15. The summed E-state index contributed by atoms with van der Waals surface area (Å²) < 4.78 is 13.8. The van der Waals surface area contributed by atoms with E-state index < -0.39 is 0 Å². The molecule has 0 saturated carbocycles. The lowest BCUT2D eigenvalue weighted by molar-refractivity contribution is 0.636. The van der Waals surface area contributed by atoms with Gasteiger partial charge in [-0.25, -0.2) is 9.37 Å². The van der Waals surface area contributed by atoms with Gasteiger partial charge >= 0.3 is 0 Å². The van der Waals surface area contributed by atoms with Crippen LogP contribution in [0.15, 0.2) is 12.1 Å². The highest BCUT2D eigenvalue weighted by molar-refractivity contribution is 5.96. The van der Waals surface area contributed by atoms with Crippen molar-refractivity contribution in [1.82, 2.24) is 4.98 Å². The number of nitrogens with two attached hydrogens (primary N) is 1. The lowest BCUT2D eigenvalue weighted by Crippen LogP contribution is -2.12. The zero-order chi connectivity index (χ0) is 12.6. The molecule has 17 heavy (non-hydrogen) atoms. The van der Waals surface area contributed by atoms with Crippen molar-refractivity contribution in [2.45, 2.75) is 27.2 Å². The van der Waals surface area contributed by atoms with Crippen molar-refractivity contribution < 1.29 is 4.39 Å². The molecule has 4 heteroatoms. The van der Waals surface area contributed by atoms with Gasteiger partial charge in [-0.05, 0) is 37.5 Å². The number of fused-ring (bicyclic) bond motifs is 1. The molecule has 3 nitrogen and oxygen atoms in total. The monoisotopic (exact) mass is 233 g/mol. The Labute approximate surface area is 99.8 Å². The van der Waals surface area contributed by atoms with Gasteiger partial charge in [0.05, 0.1) is 5.69 Å². The first-order valence-corrected chi connectivity index (χ1v) is 5.65. The Balaban J connectivity index is 2.97. The number of nitrogens with one attached hydrogen (secondary N) is 1. The number of nitrogen functional groups attached to an aromatic ring is 1. The normalized spacial score (nSPS) is 10.9. The predicted molar refractivity (Wildman–Crippen MR) is 68.4 cm³/mol. The number of nitrogens with zero attached hydrogens (tertiary/aromatic N) is 1. The molecule has 0 fully saturated rings. The topological polar surface area (TPSA) is 50.9 Å². The average molecular weight is 233 g/mol. The molecule has 0 amide bonds. The van der Waals surface area contributed by atoms with Crippen molar-refractivity contribution in [2.75, 3.05) is 5.43 Å². The summed E-state index contributed by atoms with van der Waals surface area (Å²) in [5.41, 5.74) is 6.65. The van der Waals surface area contributed by atoms with Crippen LogP contribution in [-0.2, 0) is 6.42 Å². The molecular formula is C13H16FN3. The second-order valence-electron chi connectivity index (χ2n) is 4.14. The van der Waals surface area contributed by atoms with Crippen LogP contribution in [0.25, 0.3) is 10.9 Å². The molecule has 0 aliphatic heterocycles. The van der Waals surface area contributed by atoms with Crippen molar-refractivity contribution in [2.24, 2.45) is 5.84 Å². The van der Waals surface area contributed by atoms with Crippen molar-refractivity contribution in [3.63, 3.8) is 0 Å². The van der Waals surface area contributed by atoms with Crippen LogP contribution in [0.4, 0.5) is 10.1 Å². The summed E-state index contributed by atoms with van der Waals surface area (Å²) in [7, 11) is 0. The van der Waals surface area contributed by atoms with Crippen molar-refractivity contribution in [3.05, 3.63) is 34.8 Å². The van der Waals surface area contributed by atoms with Gasteiger partial charge < -0.3 is 5.43 Å². The van der Waals surface area contributed by atoms with Gasteiger partial charge in [0, 0.05) is 11.1 Å². The third-order valence-electron chi connectivity index (χ3n) is 3.12. The van der Waals surface area contributed by atoms with Gasteiger partial charge in [0.15, 0.2) is 0 Å². The number of hydrogen-bond acceptors (Lipinski definition) is 3. The number of anilines is 1. The van der Waals surface area contributed by atoms with Crippen LogP contribution in [0.5, 0.6) is 0 Å². The standard InChI is InChI=1S/C13H16FN3/c1-4-10-8(3)12(17-15)11-7(2)5-6-9(14)13(11)16-10/h5-6H,4,15H2,1-3H3,(H,16,17). The van der Waals surface area contributed by atoms with Crippen molar-refractivity contribution in [1.29, 1.82) is 0 Å². The number of benzene rings is 1. The Morgan fingerprint density at radius 1 is 1.35 bits per heavy atom.